The van der Waals surface area contributed by atoms with Gasteiger partial charge in [-0.05, 0) is 31.7 Å². The maximum absolute atomic E-state index is 12.4. The van der Waals surface area contributed by atoms with Crippen LogP contribution in [-0.2, 0) is 23.4 Å². The average Bonchev–Trinajstić information content (AvgIpc) is 3.27. The lowest BCUT2D eigenvalue weighted by Gasteiger charge is -2.03. The number of fused-ring (bicyclic) bond motifs is 3. The van der Waals surface area contributed by atoms with Crippen LogP contribution in [0.25, 0.3) is 10.2 Å². The number of aromatic nitrogens is 3. The van der Waals surface area contributed by atoms with Crippen molar-refractivity contribution in [3.05, 3.63) is 37.7 Å². The van der Waals surface area contributed by atoms with Gasteiger partial charge in [-0.1, -0.05) is 0 Å². The van der Waals surface area contributed by atoms with Crippen molar-refractivity contribution in [2.24, 2.45) is 0 Å². The standard InChI is InChI=1S/C17H18N4O2S3/c1-9-7-18-17(25-9)21-13(22)5-6-24-8-12-19-15(23)14-10-3-2-4-11(10)26-16(14)20-12/h7H,2-6,8H2,1H3,(H,18,21,22)(H,19,20,23). The summed E-state index contributed by atoms with van der Waals surface area (Å²) in [4.78, 5) is 39.2. The normalized spacial score (nSPS) is 13.3. The fourth-order valence-electron chi connectivity index (χ4n) is 3.04. The molecule has 0 spiro atoms. The minimum absolute atomic E-state index is 0.0260. The smallest absolute Gasteiger partial charge is 0.259 e. The number of thiophene rings is 1. The van der Waals surface area contributed by atoms with Crippen LogP contribution in [0.15, 0.2) is 11.0 Å². The lowest BCUT2D eigenvalue weighted by atomic mass is 10.2. The van der Waals surface area contributed by atoms with E-state index in [0.29, 0.717) is 28.9 Å². The first-order chi connectivity index (χ1) is 12.6. The Morgan fingerprint density at radius 1 is 1.38 bits per heavy atom. The minimum atomic E-state index is -0.0431. The fourth-order valence-corrected chi connectivity index (χ4v) is 5.81. The number of rotatable bonds is 6. The van der Waals surface area contributed by atoms with Crippen LogP contribution >= 0.6 is 34.4 Å². The Labute approximate surface area is 162 Å². The number of thiazole rings is 1. The minimum Gasteiger partial charge on any atom is -0.309 e. The zero-order valence-electron chi connectivity index (χ0n) is 14.3. The van der Waals surface area contributed by atoms with Crippen molar-refractivity contribution in [2.45, 2.75) is 38.4 Å². The monoisotopic (exact) mass is 406 g/mol. The van der Waals surface area contributed by atoms with Crippen LogP contribution in [0.3, 0.4) is 0 Å². The molecule has 0 unspecified atom stereocenters. The molecule has 9 heteroatoms. The third kappa shape index (κ3) is 3.70. The van der Waals surface area contributed by atoms with E-state index in [-0.39, 0.29) is 11.5 Å². The van der Waals surface area contributed by atoms with Crippen molar-refractivity contribution >= 4 is 55.7 Å². The molecule has 1 aliphatic rings. The van der Waals surface area contributed by atoms with Gasteiger partial charge in [0, 0.05) is 28.1 Å². The summed E-state index contributed by atoms with van der Waals surface area (Å²) < 4.78 is 0. The van der Waals surface area contributed by atoms with E-state index in [2.05, 4.69) is 20.3 Å². The predicted molar refractivity (Wildman–Crippen MR) is 109 cm³/mol. The maximum atomic E-state index is 12.4. The average molecular weight is 407 g/mol. The second kappa shape index (κ2) is 7.50. The van der Waals surface area contributed by atoms with Crippen molar-refractivity contribution < 1.29 is 4.79 Å². The highest BCUT2D eigenvalue weighted by atomic mass is 32.2. The third-order valence-corrected chi connectivity index (χ3v) is 7.19. The van der Waals surface area contributed by atoms with Crippen molar-refractivity contribution in [2.75, 3.05) is 11.1 Å². The van der Waals surface area contributed by atoms with Crippen LogP contribution < -0.4 is 10.9 Å². The first-order valence-electron chi connectivity index (χ1n) is 8.43. The van der Waals surface area contributed by atoms with Crippen LogP contribution in [0.1, 0.15) is 34.0 Å². The van der Waals surface area contributed by atoms with Gasteiger partial charge in [0.05, 0.1) is 11.1 Å². The number of hydrogen-bond donors (Lipinski definition) is 2. The van der Waals surface area contributed by atoms with E-state index < -0.39 is 0 Å². The molecular formula is C17H18N4O2S3. The molecule has 0 fully saturated rings. The molecule has 0 aliphatic heterocycles. The zero-order valence-corrected chi connectivity index (χ0v) is 16.7. The zero-order chi connectivity index (χ0) is 18.1. The van der Waals surface area contributed by atoms with Crippen molar-refractivity contribution in [1.82, 2.24) is 15.0 Å². The van der Waals surface area contributed by atoms with Gasteiger partial charge in [0.1, 0.15) is 10.7 Å². The summed E-state index contributed by atoms with van der Waals surface area (Å²) in [5.41, 5.74) is 1.17. The van der Waals surface area contributed by atoms with Gasteiger partial charge >= 0.3 is 0 Å². The molecule has 0 saturated heterocycles. The topological polar surface area (TPSA) is 87.7 Å². The highest BCUT2D eigenvalue weighted by Crippen LogP contribution is 2.34. The Hall–Kier alpha value is -1.71. The summed E-state index contributed by atoms with van der Waals surface area (Å²) in [6.07, 6.45) is 5.34. The third-order valence-electron chi connectivity index (χ3n) is 4.20. The van der Waals surface area contributed by atoms with Gasteiger partial charge < -0.3 is 10.3 Å². The molecule has 136 valence electrons. The second-order valence-corrected chi connectivity index (χ2v) is 9.60. The Kier molecular flexibility index (Phi) is 5.10. The number of anilines is 1. The lowest BCUT2D eigenvalue weighted by Crippen LogP contribution is -2.13. The van der Waals surface area contributed by atoms with E-state index in [0.717, 1.165) is 34.4 Å². The van der Waals surface area contributed by atoms with Gasteiger partial charge in [0.2, 0.25) is 5.91 Å². The molecule has 3 aromatic heterocycles. The number of nitrogens with zero attached hydrogens (tertiary/aromatic N) is 2. The summed E-state index contributed by atoms with van der Waals surface area (Å²) in [6.45, 7) is 1.95. The van der Waals surface area contributed by atoms with Crippen LogP contribution in [0.4, 0.5) is 5.13 Å². The second-order valence-electron chi connectivity index (χ2n) is 6.18. The van der Waals surface area contributed by atoms with E-state index in [4.69, 9.17) is 0 Å². The SMILES string of the molecule is Cc1cnc(NC(=O)CCSCc2nc3sc4c(c3c(=O)[nH]2)CCC4)s1. The van der Waals surface area contributed by atoms with Gasteiger partial charge in [0.25, 0.3) is 5.56 Å². The van der Waals surface area contributed by atoms with Crippen LogP contribution in [0.5, 0.6) is 0 Å². The summed E-state index contributed by atoms with van der Waals surface area (Å²) in [7, 11) is 0. The molecule has 1 aliphatic carbocycles. The van der Waals surface area contributed by atoms with E-state index in [1.54, 1.807) is 29.3 Å². The van der Waals surface area contributed by atoms with Gasteiger partial charge in [-0.25, -0.2) is 9.97 Å². The molecule has 1 amide bonds. The summed E-state index contributed by atoms with van der Waals surface area (Å²) >= 11 is 4.71. The summed E-state index contributed by atoms with van der Waals surface area (Å²) in [6, 6.07) is 0. The highest BCUT2D eigenvalue weighted by Gasteiger charge is 2.21. The van der Waals surface area contributed by atoms with Crippen molar-refractivity contribution in [3.63, 3.8) is 0 Å². The summed E-state index contributed by atoms with van der Waals surface area (Å²) in [5.74, 6) is 1.90. The molecule has 0 radical (unpaired) electrons. The van der Waals surface area contributed by atoms with Crippen LogP contribution in [0.2, 0.25) is 0 Å². The Bertz CT molecular complexity index is 1020. The van der Waals surface area contributed by atoms with Gasteiger partial charge in [0.15, 0.2) is 5.13 Å². The molecule has 26 heavy (non-hydrogen) atoms. The Balaban J connectivity index is 1.32. The molecular weight excluding hydrogens is 388 g/mol. The molecule has 0 aromatic carbocycles. The predicted octanol–water partition coefficient (Wildman–Crippen LogP) is 3.50. The number of nitrogens with one attached hydrogen (secondary N) is 2. The number of aryl methyl sites for hydroxylation is 3. The number of thioether (sulfide) groups is 1. The Morgan fingerprint density at radius 2 is 2.27 bits per heavy atom. The first-order valence-corrected chi connectivity index (χ1v) is 11.2. The van der Waals surface area contributed by atoms with E-state index in [1.165, 1.54) is 21.8 Å². The molecule has 3 heterocycles. The number of H-pyrrole nitrogens is 1. The molecule has 0 saturated carbocycles. The molecule has 2 N–H and O–H groups in total. The molecule has 4 rings (SSSR count). The van der Waals surface area contributed by atoms with Crippen LogP contribution in [0, 0.1) is 6.92 Å². The van der Waals surface area contributed by atoms with Gasteiger partial charge in [-0.2, -0.15) is 11.8 Å². The fraction of sp³-hybridized carbons (Fsp3) is 0.412. The molecule has 6 nitrogen and oxygen atoms in total. The van der Waals surface area contributed by atoms with E-state index in [9.17, 15) is 9.59 Å². The Morgan fingerprint density at radius 3 is 3.08 bits per heavy atom. The van der Waals surface area contributed by atoms with Crippen molar-refractivity contribution in [3.8, 4) is 0 Å². The highest BCUT2D eigenvalue weighted by molar-refractivity contribution is 7.98. The van der Waals surface area contributed by atoms with Crippen molar-refractivity contribution in [1.29, 1.82) is 0 Å². The number of aromatic amines is 1. The number of hydrogen-bond acceptors (Lipinski definition) is 7. The number of carbonyl (C=O) groups is 1. The molecule has 0 bridgehead atoms. The van der Waals surface area contributed by atoms with Crippen LogP contribution in [-0.4, -0.2) is 26.6 Å². The van der Waals surface area contributed by atoms with E-state index >= 15 is 0 Å². The van der Waals surface area contributed by atoms with Gasteiger partial charge in [-0.15, -0.1) is 22.7 Å². The largest absolute Gasteiger partial charge is 0.309 e. The molecule has 0 atom stereocenters. The molecule has 3 aromatic rings. The summed E-state index contributed by atoms with van der Waals surface area (Å²) in [5, 5.41) is 4.22. The van der Waals surface area contributed by atoms with E-state index in [1.807, 2.05) is 6.92 Å². The lowest BCUT2D eigenvalue weighted by molar-refractivity contribution is -0.115. The first kappa shape index (κ1) is 17.7. The number of carbonyl (C=O) groups excluding carboxylic acids is 1. The quantitative estimate of drug-likeness (QED) is 0.612. The maximum Gasteiger partial charge on any atom is 0.259 e. The van der Waals surface area contributed by atoms with Gasteiger partial charge in [-0.3, -0.25) is 9.59 Å². The number of amides is 1.